The standard InChI is InChI=1S/C19H17F4N3O2/c20-12-1-2-17-11(3-12)8-26(9-18(27)25-17)19(28)6-13(24)4-10-5-15(22)16(23)7-14(10)21/h1-3,5,7,13H,4,6,8-9,24H2,(H,25,27)/t13-/m1/s1. The Labute approximate surface area is 158 Å². The monoisotopic (exact) mass is 395 g/mol. The smallest absolute Gasteiger partial charge is 0.244 e. The predicted molar refractivity (Wildman–Crippen MR) is 93.1 cm³/mol. The number of carbonyl (C=O) groups is 2. The Bertz CT molecular complexity index is 936. The number of nitrogens with one attached hydrogen (secondary N) is 1. The van der Waals surface area contributed by atoms with Gasteiger partial charge in [-0.3, -0.25) is 9.59 Å². The van der Waals surface area contributed by atoms with E-state index in [1.165, 1.54) is 23.1 Å². The Morgan fingerprint density at radius 1 is 1.07 bits per heavy atom. The zero-order valence-corrected chi connectivity index (χ0v) is 14.6. The van der Waals surface area contributed by atoms with Gasteiger partial charge in [0.2, 0.25) is 11.8 Å². The number of benzene rings is 2. The highest BCUT2D eigenvalue weighted by molar-refractivity contribution is 5.96. The summed E-state index contributed by atoms with van der Waals surface area (Å²) in [5.74, 6) is -4.93. The second-order valence-corrected chi connectivity index (χ2v) is 6.63. The van der Waals surface area contributed by atoms with E-state index in [0.717, 1.165) is 0 Å². The van der Waals surface area contributed by atoms with Crippen molar-refractivity contribution in [1.82, 2.24) is 4.90 Å². The molecule has 0 spiro atoms. The Hall–Kier alpha value is -2.94. The van der Waals surface area contributed by atoms with Gasteiger partial charge in [-0.1, -0.05) is 0 Å². The van der Waals surface area contributed by atoms with E-state index in [1.54, 1.807) is 0 Å². The number of fused-ring (bicyclic) bond motifs is 1. The number of nitrogens with zero attached hydrogens (tertiary/aromatic N) is 1. The lowest BCUT2D eigenvalue weighted by atomic mass is 10.0. The molecule has 0 aliphatic carbocycles. The summed E-state index contributed by atoms with van der Waals surface area (Å²) in [5, 5.41) is 2.59. The van der Waals surface area contributed by atoms with Crippen LogP contribution in [0, 0.1) is 23.3 Å². The van der Waals surface area contributed by atoms with Gasteiger partial charge in [-0.2, -0.15) is 0 Å². The topological polar surface area (TPSA) is 75.4 Å². The van der Waals surface area contributed by atoms with Gasteiger partial charge in [0.15, 0.2) is 11.6 Å². The maximum atomic E-state index is 13.7. The van der Waals surface area contributed by atoms with Crippen molar-refractivity contribution in [3.63, 3.8) is 0 Å². The first kappa shape index (κ1) is 19.8. The molecule has 1 atom stereocenters. The summed E-state index contributed by atoms with van der Waals surface area (Å²) in [6, 6.07) is 4.07. The van der Waals surface area contributed by atoms with Gasteiger partial charge in [0.25, 0.3) is 0 Å². The number of carbonyl (C=O) groups excluding carboxylic acids is 2. The van der Waals surface area contributed by atoms with Gasteiger partial charge >= 0.3 is 0 Å². The second kappa shape index (κ2) is 7.97. The zero-order chi connectivity index (χ0) is 20.4. The number of rotatable bonds is 4. The fraction of sp³-hybridized carbons (Fsp3) is 0.263. The second-order valence-electron chi connectivity index (χ2n) is 6.63. The van der Waals surface area contributed by atoms with Crippen molar-refractivity contribution >= 4 is 17.5 Å². The van der Waals surface area contributed by atoms with Crippen LogP contribution in [0.2, 0.25) is 0 Å². The SMILES string of the molecule is N[C@@H](CC(=O)N1CC(=O)Nc2ccc(F)cc2C1)Cc1cc(F)c(F)cc1F. The lowest BCUT2D eigenvalue weighted by molar-refractivity contribution is -0.135. The molecule has 2 aromatic carbocycles. The van der Waals surface area contributed by atoms with Crippen LogP contribution in [0.25, 0.3) is 0 Å². The van der Waals surface area contributed by atoms with Crippen LogP contribution in [0.4, 0.5) is 23.2 Å². The molecule has 148 valence electrons. The van der Waals surface area contributed by atoms with E-state index >= 15 is 0 Å². The van der Waals surface area contributed by atoms with Gasteiger partial charge in [-0.15, -0.1) is 0 Å². The summed E-state index contributed by atoms with van der Waals surface area (Å²) >= 11 is 0. The fourth-order valence-electron chi connectivity index (χ4n) is 3.04. The third-order valence-corrected chi connectivity index (χ3v) is 4.40. The fourth-order valence-corrected chi connectivity index (χ4v) is 3.04. The molecule has 0 aromatic heterocycles. The van der Waals surface area contributed by atoms with Crippen molar-refractivity contribution in [1.29, 1.82) is 0 Å². The first-order chi connectivity index (χ1) is 13.2. The van der Waals surface area contributed by atoms with E-state index in [-0.39, 0.29) is 31.5 Å². The number of anilines is 1. The van der Waals surface area contributed by atoms with E-state index in [0.29, 0.717) is 23.4 Å². The van der Waals surface area contributed by atoms with Gasteiger partial charge in [-0.05, 0) is 41.8 Å². The van der Waals surface area contributed by atoms with E-state index in [4.69, 9.17) is 5.73 Å². The number of halogens is 4. The molecule has 3 rings (SSSR count). The van der Waals surface area contributed by atoms with Gasteiger partial charge < -0.3 is 16.0 Å². The summed E-state index contributed by atoms with van der Waals surface area (Å²) in [4.78, 5) is 25.7. The van der Waals surface area contributed by atoms with Crippen LogP contribution in [-0.2, 0) is 22.6 Å². The molecule has 28 heavy (non-hydrogen) atoms. The highest BCUT2D eigenvalue weighted by atomic mass is 19.2. The number of hydrogen-bond donors (Lipinski definition) is 2. The van der Waals surface area contributed by atoms with Crippen molar-refractivity contribution in [3.8, 4) is 0 Å². The van der Waals surface area contributed by atoms with Crippen LogP contribution in [0.5, 0.6) is 0 Å². The molecular formula is C19H17F4N3O2. The normalized spacial score (nSPS) is 14.9. The first-order valence-corrected chi connectivity index (χ1v) is 8.48. The zero-order valence-electron chi connectivity index (χ0n) is 14.6. The van der Waals surface area contributed by atoms with E-state index in [9.17, 15) is 27.2 Å². The van der Waals surface area contributed by atoms with Crippen molar-refractivity contribution in [2.75, 3.05) is 11.9 Å². The Kier molecular flexibility index (Phi) is 5.64. The highest BCUT2D eigenvalue weighted by Crippen LogP contribution is 2.23. The lowest BCUT2D eigenvalue weighted by Gasteiger charge is -2.22. The van der Waals surface area contributed by atoms with Crippen LogP contribution in [0.15, 0.2) is 30.3 Å². The van der Waals surface area contributed by atoms with E-state index in [2.05, 4.69) is 5.32 Å². The molecule has 0 saturated heterocycles. The highest BCUT2D eigenvalue weighted by Gasteiger charge is 2.25. The molecule has 2 amide bonds. The molecule has 0 bridgehead atoms. The Balaban J connectivity index is 1.70. The quantitative estimate of drug-likeness (QED) is 0.617. The minimum Gasteiger partial charge on any atom is -0.329 e. The molecular weight excluding hydrogens is 378 g/mol. The summed E-state index contributed by atoms with van der Waals surface area (Å²) in [7, 11) is 0. The summed E-state index contributed by atoms with van der Waals surface area (Å²) in [5.41, 5.74) is 6.56. The molecule has 1 heterocycles. The maximum absolute atomic E-state index is 13.7. The Morgan fingerprint density at radius 3 is 2.54 bits per heavy atom. The molecule has 5 nitrogen and oxygen atoms in total. The molecule has 3 N–H and O–H groups in total. The molecule has 1 aliphatic rings. The average molecular weight is 395 g/mol. The maximum Gasteiger partial charge on any atom is 0.244 e. The van der Waals surface area contributed by atoms with Gasteiger partial charge in [-0.25, -0.2) is 17.6 Å². The van der Waals surface area contributed by atoms with E-state index in [1.807, 2.05) is 0 Å². The van der Waals surface area contributed by atoms with Crippen LogP contribution in [0.3, 0.4) is 0 Å². The van der Waals surface area contributed by atoms with Crippen molar-refractivity contribution in [2.24, 2.45) is 5.73 Å². The number of amides is 2. The molecule has 0 radical (unpaired) electrons. The average Bonchev–Trinajstić information content (AvgIpc) is 2.77. The van der Waals surface area contributed by atoms with Gasteiger partial charge in [0, 0.05) is 30.8 Å². The largest absolute Gasteiger partial charge is 0.329 e. The van der Waals surface area contributed by atoms with Crippen molar-refractivity contribution < 1.29 is 27.2 Å². The van der Waals surface area contributed by atoms with Crippen molar-refractivity contribution in [3.05, 3.63) is 64.7 Å². The minimum atomic E-state index is -1.31. The number of nitrogens with two attached hydrogens (primary N) is 1. The summed E-state index contributed by atoms with van der Waals surface area (Å²) < 4.78 is 53.5. The lowest BCUT2D eigenvalue weighted by Crippen LogP contribution is -2.39. The summed E-state index contributed by atoms with van der Waals surface area (Å²) in [6.07, 6.45) is -0.448. The van der Waals surface area contributed by atoms with Gasteiger partial charge in [0.1, 0.15) is 18.2 Å². The predicted octanol–water partition coefficient (Wildman–Crippen LogP) is 2.48. The number of hydrogen-bond acceptors (Lipinski definition) is 3. The molecule has 1 aliphatic heterocycles. The van der Waals surface area contributed by atoms with Gasteiger partial charge in [0.05, 0.1) is 0 Å². The molecule has 9 heteroatoms. The molecule has 0 unspecified atom stereocenters. The Morgan fingerprint density at radius 2 is 1.79 bits per heavy atom. The van der Waals surface area contributed by atoms with Crippen LogP contribution < -0.4 is 11.1 Å². The molecule has 0 saturated carbocycles. The molecule has 2 aromatic rings. The minimum absolute atomic E-state index is 0.00305. The third-order valence-electron chi connectivity index (χ3n) is 4.40. The van der Waals surface area contributed by atoms with Crippen LogP contribution in [0.1, 0.15) is 17.5 Å². The third kappa shape index (κ3) is 4.48. The van der Waals surface area contributed by atoms with Crippen LogP contribution in [-0.4, -0.2) is 29.3 Å². The van der Waals surface area contributed by atoms with Crippen LogP contribution >= 0.6 is 0 Å². The first-order valence-electron chi connectivity index (χ1n) is 8.48. The summed E-state index contributed by atoms with van der Waals surface area (Å²) in [6.45, 7) is -0.252. The molecule has 0 fully saturated rings. The van der Waals surface area contributed by atoms with Crippen molar-refractivity contribution in [2.45, 2.75) is 25.4 Å². The van der Waals surface area contributed by atoms with E-state index < -0.39 is 41.1 Å².